The molecular weight excluding hydrogens is 232 g/mol. The Labute approximate surface area is 119 Å². The van der Waals surface area contributed by atoms with E-state index < -0.39 is 0 Å². The van der Waals surface area contributed by atoms with Crippen LogP contribution in [0.25, 0.3) is 0 Å². The fraction of sp³-hybridized carbons (Fsp3) is 0.647. The standard InChI is InChI=1S/C17H30N2/c1-4-13-19(17(5-2,6-3)15-18)14-12-16-10-8-7-9-11-16/h7-11H,4-6,12-15,18H2,1-3H3. The van der Waals surface area contributed by atoms with Gasteiger partial charge in [0.2, 0.25) is 0 Å². The summed E-state index contributed by atoms with van der Waals surface area (Å²) in [7, 11) is 0. The van der Waals surface area contributed by atoms with Crippen molar-refractivity contribution in [3.05, 3.63) is 35.9 Å². The Morgan fingerprint density at radius 3 is 2.11 bits per heavy atom. The Morgan fingerprint density at radius 2 is 1.63 bits per heavy atom. The molecule has 0 spiro atoms. The smallest absolute Gasteiger partial charge is 0.0326 e. The quantitative estimate of drug-likeness (QED) is 0.738. The lowest BCUT2D eigenvalue weighted by Gasteiger charge is -2.42. The number of rotatable bonds is 9. The molecule has 0 aliphatic heterocycles. The molecule has 2 N–H and O–H groups in total. The van der Waals surface area contributed by atoms with Crippen LogP contribution in [0.4, 0.5) is 0 Å². The summed E-state index contributed by atoms with van der Waals surface area (Å²) in [6.07, 6.45) is 4.57. The Bertz CT molecular complexity index is 322. The maximum absolute atomic E-state index is 6.09. The van der Waals surface area contributed by atoms with Gasteiger partial charge >= 0.3 is 0 Å². The van der Waals surface area contributed by atoms with Crippen LogP contribution in [0.15, 0.2) is 30.3 Å². The van der Waals surface area contributed by atoms with E-state index in [0.29, 0.717) is 0 Å². The minimum atomic E-state index is 0.185. The van der Waals surface area contributed by atoms with Crippen molar-refractivity contribution < 1.29 is 0 Å². The van der Waals surface area contributed by atoms with E-state index in [1.54, 1.807) is 0 Å². The summed E-state index contributed by atoms with van der Waals surface area (Å²) < 4.78 is 0. The van der Waals surface area contributed by atoms with Gasteiger partial charge in [-0.15, -0.1) is 0 Å². The average Bonchev–Trinajstić information content (AvgIpc) is 2.48. The van der Waals surface area contributed by atoms with E-state index in [4.69, 9.17) is 5.73 Å². The molecule has 0 aliphatic rings. The van der Waals surface area contributed by atoms with E-state index in [-0.39, 0.29) is 5.54 Å². The summed E-state index contributed by atoms with van der Waals surface area (Å²) in [6, 6.07) is 10.7. The predicted molar refractivity (Wildman–Crippen MR) is 84.4 cm³/mol. The Hall–Kier alpha value is -0.860. The monoisotopic (exact) mass is 262 g/mol. The lowest BCUT2D eigenvalue weighted by Crippen LogP contribution is -2.54. The largest absolute Gasteiger partial charge is 0.329 e. The molecule has 0 heterocycles. The molecule has 2 nitrogen and oxygen atoms in total. The topological polar surface area (TPSA) is 29.3 Å². The normalized spacial score (nSPS) is 12.1. The fourth-order valence-corrected chi connectivity index (χ4v) is 2.88. The molecule has 0 aliphatic carbocycles. The highest BCUT2D eigenvalue weighted by Crippen LogP contribution is 2.23. The molecule has 2 heteroatoms. The zero-order valence-electron chi connectivity index (χ0n) is 12.9. The first kappa shape index (κ1) is 16.2. The Kier molecular flexibility index (Phi) is 7.11. The molecule has 0 radical (unpaired) electrons. The molecule has 0 saturated heterocycles. The number of hydrogen-bond acceptors (Lipinski definition) is 2. The summed E-state index contributed by atoms with van der Waals surface area (Å²) >= 11 is 0. The first-order valence-electron chi connectivity index (χ1n) is 7.71. The molecule has 108 valence electrons. The van der Waals surface area contributed by atoms with E-state index in [9.17, 15) is 0 Å². The molecule has 0 fully saturated rings. The zero-order valence-corrected chi connectivity index (χ0v) is 12.9. The third kappa shape index (κ3) is 4.32. The van der Waals surface area contributed by atoms with Crippen molar-refractivity contribution in [1.29, 1.82) is 0 Å². The molecule has 0 unspecified atom stereocenters. The summed E-state index contributed by atoms with van der Waals surface area (Å²) in [4.78, 5) is 2.61. The van der Waals surface area contributed by atoms with Gasteiger partial charge in [0.25, 0.3) is 0 Å². The van der Waals surface area contributed by atoms with Crippen LogP contribution >= 0.6 is 0 Å². The minimum Gasteiger partial charge on any atom is -0.329 e. The summed E-state index contributed by atoms with van der Waals surface area (Å²) in [5, 5.41) is 0. The van der Waals surface area contributed by atoms with Crippen LogP contribution in [0.2, 0.25) is 0 Å². The van der Waals surface area contributed by atoms with Gasteiger partial charge in [-0.25, -0.2) is 0 Å². The molecule has 0 bridgehead atoms. The summed E-state index contributed by atoms with van der Waals surface area (Å²) in [5.74, 6) is 0. The third-order valence-corrected chi connectivity index (χ3v) is 4.37. The molecule has 1 aromatic rings. The van der Waals surface area contributed by atoms with Crippen LogP contribution in [0.5, 0.6) is 0 Å². The summed E-state index contributed by atoms with van der Waals surface area (Å²) in [5.41, 5.74) is 7.69. The van der Waals surface area contributed by atoms with Gasteiger partial charge < -0.3 is 5.73 Å². The van der Waals surface area contributed by atoms with Crippen molar-refractivity contribution in [2.75, 3.05) is 19.6 Å². The van der Waals surface area contributed by atoms with E-state index in [0.717, 1.165) is 38.9 Å². The lowest BCUT2D eigenvalue weighted by molar-refractivity contribution is 0.0858. The maximum atomic E-state index is 6.09. The molecule has 0 aromatic heterocycles. The highest BCUT2D eigenvalue weighted by Gasteiger charge is 2.30. The lowest BCUT2D eigenvalue weighted by atomic mass is 9.90. The van der Waals surface area contributed by atoms with Crippen molar-refractivity contribution in [1.82, 2.24) is 4.90 Å². The number of benzene rings is 1. The van der Waals surface area contributed by atoms with Gasteiger partial charge in [-0.05, 0) is 37.8 Å². The van der Waals surface area contributed by atoms with Crippen LogP contribution in [-0.4, -0.2) is 30.1 Å². The van der Waals surface area contributed by atoms with Gasteiger partial charge in [0.1, 0.15) is 0 Å². The minimum absolute atomic E-state index is 0.185. The summed E-state index contributed by atoms with van der Waals surface area (Å²) in [6.45, 7) is 9.79. The van der Waals surface area contributed by atoms with E-state index >= 15 is 0 Å². The van der Waals surface area contributed by atoms with Gasteiger partial charge in [0.05, 0.1) is 0 Å². The number of nitrogens with two attached hydrogens (primary N) is 1. The van der Waals surface area contributed by atoms with Crippen molar-refractivity contribution >= 4 is 0 Å². The van der Waals surface area contributed by atoms with E-state index in [2.05, 4.69) is 56.0 Å². The molecule has 19 heavy (non-hydrogen) atoms. The van der Waals surface area contributed by atoms with Gasteiger partial charge in [-0.1, -0.05) is 51.1 Å². The molecule has 1 rings (SSSR count). The maximum Gasteiger partial charge on any atom is 0.0326 e. The van der Waals surface area contributed by atoms with Gasteiger partial charge in [0, 0.05) is 18.6 Å². The second-order valence-corrected chi connectivity index (χ2v) is 5.36. The van der Waals surface area contributed by atoms with Crippen LogP contribution in [0, 0.1) is 0 Å². The van der Waals surface area contributed by atoms with E-state index in [1.165, 1.54) is 12.0 Å². The van der Waals surface area contributed by atoms with Gasteiger partial charge in [-0.2, -0.15) is 0 Å². The van der Waals surface area contributed by atoms with Crippen LogP contribution in [-0.2, 0) is 6.42 Å². The van der Waals surface area contributed by atoms with Gasteiger partial charge in [0.15, 0.2) is 0 Å². The SMILES string of the molecule is CCCN(CCc1ccccc1)C(CC)(CC)CN. The average molecular weight is 262 g/mol. The Balaban J connectivity index is 2.71. The van der Waals surface area contributed by atoms with Crippen LogP contribution in [0.3, 0.4) is 0 Å². The van der Waals surface area contributed by atoms with Crippen molar-refractivity contribution in [2.24, 2.45) is 5.73 Å². The number of hydrogen-bond donors (Lipinski definition) is 1. The third-order valence-electron chi connectivity index (χ3n) is 4.37. The Morgan fingerprint density at radius 1 is 1.00 bits per heavy atom. The highest BCUT2D eigenvalue weighted by atomic mass is 15.2. The van der Waals surface area contributed by atoms with Crippen molar-refractivity contribution in [3.8, 4) is 0 Å². The number of nitrogens with zero attached hydrogens (tertiary/aromatic N) is 1. The molecule has 0 saturated carbocycles. The second-order valence-electron chi connectivity index (χ2n) is 5.36. The predicted octanol–water partition coefficient (Wildman–Crippen LogP) is 3.46. The molecular formula is C17H30N2. The van der Waals surface area contributed by atoms with Gasteiger partial charge in [-0.3, -0.25) is 4.90 Å². The molecule has 0 amide bonds. The zero-order chi connectivity index (χ0) is 14.1. The van der Waals surface area contributed by atoms with Crippen LogP contribution < -0.4 is 5.73 Å². The van der Waals surface area contributed by atoms with E-state index in [1.807, 2.05) is 0 Å². The van der Waals surface area contributed by atoms with Crippen molar-refractivity contribution in [3.63, 3.8) is 0 Å². The fourth-order valence-electron chi connectivity index (χ4n) is 2.88. The van der Waals surface area contributed by atoms with Crippen molar-refractivity contribution in [2.45, 2.75) is 52.0 Å². The molecule has 1 aromatic carbocycles. The molecule has 0 atom stereocenters. The second kappa shape index (κ2) is 8.34. The first-order valence-corrected chi connectivity index (χ1v) is 7.71. The first-order chi connectivity index (χ1) is 9.22. The van der Waals surface area contributed by atoms with Crippen LogP contribution in [0.1, 0.15) is 45.6 Å². The highest BCUT2D eigenvalue weighted by molar-refractivity contribution is 5.15.